The molecule has 1 aliphatic carbocycles. The number of benzene rings is 3. The van der Waals surface area contributed by atoms with Crippen molar-refractivity contribution in [2.75, 3.05) is 0 Å². The van der Waals surface area contributed by atoms with E-state index in [1.165, 1.54) is 16.3 Å². The van der Waals surface area contributed by atoms with Crippen LogP contribution >= 0.6 is 0 Å². The fourth-order valence-corrected chi connectivity index (χ4v) is 3.74. The van der Waals surface area contributed by atoms with E-state index in [2.05, 4.69) is 29.6 Å². The van der Waals surface area contributed by atoms with Crippen molar-refractivity contribution in [2.45, 2.75) is 31.7 Å². The van der Waals surface area contributed by atoms with Crippen LogP contribution in [0.1, 0.15) is 39.9 Å². The van der Waals surface area contributed by atoms with Gasteiger partial charge in [0.15, 0.2) is 0 Å². The molecule has 2 amide bonds. The minimum Gasteiger partial charge on any atom is -0.369 e. The molecule has 0 aliphatic heterocycles. The molecule has 3 aromatic carbocycles. The molecule has 4 nitrogen and oxygen atoms in total. The Hall–Kier alpha value is -3.14. The zero-order valence-corrected chi connectivity index (χ0v) is 15.3. The molecule has 0 aromatic heterocycles. The number of nitrogens with one attached hydrogen (secondary N) is 1. The van der Waals surface area contributed by atoms with Gasteiger partial charge in [-0.15, -0.1) is 0 Å². The number of rotatable bonds is 5. The van der Waals surface area contributed by atoms with Crippen molar-refractivity contribution in [3.05, 3.63) is 82.9 Å². The van der Waals surface area contributed by atoms with Gasteiger partial charge in [-0.05, 0) is 53.3 Å². The van der Waals surface area contributed by atoms with Gasteiger partial charge in [-0.25, -0.2) is 0 Å². The second kappa shape index (κ2) is 6.54. The van der Waals surface area contributed by atoms with Gasteiger partial charge < -0.3 is 11.1 Å². The van der Waals surface area contributed by atoms with Gasteiger partial charge in [-0.1, -0.05) is 54.6 Å². The molecule has 1 aliphatic rings. The van der Waals surface area contributed by atoms with Gasteiger partial charge in [0.05, 0.1) is 12.0 Å². The first-order valence-corrected chi connectivity index (χ1v) is 9.17. The number of carbonyl (C=O) groups excluding carboxylic acids is 2. The molecular formula is C23H22N2O2. The van der Waals surface area contributed by atoms with Crippen molar-refractivity contribution in [1.29, 1.82) is 0 Å². The molecule has 0 atom stereocenters. The van der Waals surface area contributed by atoms with E-state index in [0.717, 1.165) is 24.0 Å². The lowest BCUT2D eigenvalue weighted by Gasteiger charge is -2.21. The Kier molecular flexibility index (Phi) is 4.19. The van der Waals surface area contributed by atoms with E-state index in [0.29, 0.717) is 5.56 Å². The highest BCUT2D eigenvalue weighted by Crippen LogP contribution is 2.48. The summed E-state index contributed by atoms with van der Waals surface area (Å²) < 4.78 is 0. The lowest BCUT2D eigenvalue weighted by Crippen LogP contribution is -2.35. The van der Waals surface area contributed by atoms with Gasteiger partial charge in [0.25, 0.3) is 5.91 Å². The van der Waals surface area contributed by atoms with Crippen LogP contribution in [0.15, 0.2) is 60.7 Å². The monoisotopic (exact) mass is 358 g/mol. The highest BCUT2D eigenvalue weighted by atomic mass is 16.2. The van der Waals surface area contributed by atoms with E-state index in [1.54, 1.807) is 6.07 Å². The zero-order chi connectivity index (χ0) is 19.0. The van der Waals surface area contributed by atoms with Crippen LogP contribution in [0.4, 0.5) is 0 Å². The standard InChI is InChI=1S/C23H22N2O2/c1-15-9-10-16(14-21(24)26)13-19(15)22(27)25-23(11-12-23)20-8-4-6-17-5-2-3-7-18(17)20/h2-10,13H,11-12,14H2,1H3,(H2,24,26)(H,25,27). The van der Waals surface area contributed by atoms with E-state index in [4.69, 9.17) is 5.73 Å². The van der Waals surface area contributed by atoms with Crippen LogP contribution in [0.3, 0.4) is 0 Å². The summed E-state index contributed by atoms with van der Waals surface area (Å²) in [6.45, 7) is 1.90. The number of primary amides is 1. The van der Waals surface area contributed by atoms with E-state index in [1.807, 2.05) is 37.3 Å². The third-order valence-corrected chi connectivity index (χ3v) is 5.33. The molecule has 0 bridgehead atoms. The van der Waals surface area contributed by atoms with Gasteiger partial charge in [-0.2, -0.15) is 0 Å². The number of hydrogen-bond donors (Lipinski definition) is 2. The summed E-state index contributed by atoms with van der Waals surface area (Å²) in [5.41, 5.74) is 8.38. The predicted molar refractivity (Wildman–Crippen MR) is 106 cm³/mol. The zero-order valence-electron chi connectivity index (χ0n) is 15.3. The van der Waals surface area contributed by atoms with Crippen LogP contribution in [0.5, 0.6) is 0 Å². The van der Waals surface area contributed by atoms with E-state index < -0.39 is 5.91 Å². The average Bonchev–Trinajstić information content (AvgIpc) is 3.42. The molecule has 1 saturated carbocycles. The van der Waals surface area contributed by atoms with Gasteiger partial charge in [0.1, 0.15) is 0 Å². The number of nitrogens with two attached hydrogens (primary N) is 1. The average molecular weight is 358 g/mol. The highest BCUT2D eigenvalue weighted by molar-refractivity contribution is 5.97. The SMILES string of the molecule is Cc1ccc(CC(N)=O)cc1C(=O)NC1(c2cccc3ccccc23)CC1. The summed E-state index contributed by atoms with van der Waals surface area (Å²) in [6.07, 6.45) is 1.98. The first-order chi connectivity index (χ1) is 13.0. The third-order valence-electron chi connectivity index (χ3n) is 5.33. The number of aryl methyl sites for hydroxylation is 1. The Balaban J connectivity index is 1.66. The van der Waals surface area contributed by atoms with Crippen LogP contribution in [0.2, 0.25) is 0 Å². The number of carbonyl (C=O) groups is 2. The summed E-state index contributed by atoms with van der Waals surface area (Å²) >= 11 is 0. The highest BCUT2D eigenvalue weighted by Gasteiger charge is 2.46. The van der Waals surface area contributed by atoms with Crippen molar-refractivity contribution in [3.63, 3.8) is 0 Å². The van der Waals surface area contributed by atoms with Crippen molar-refractivity contribution >= 4 is 22.6 Å². The summed E-state index contributed by atoms with van der Waals surface area (Å²) in [4.78, 5) is 24.2. The molecule has 0 heterocycles. The molecule has 0 radical (unpaired) electrons. The largest absolute Gasteiger partial charge is 0.369 e. The lowest BCUT2D eigenvalue weighted by molar-refractivity contribution is -0.117. The second-order valence-electron chi connectivity index (χ2n) is 7.36. The van der Waals surface area contributed by atoms with Crippen molar-refractivity contribution in [3.8, 4) is 0 Å². The third kappa shape index (κ3) is 3.31. The second-order valence-corrected chi connectivity index (χ2v) is 7.36. The number of fused-ring (bicyclic) bond motifs is 1. The maximum Gasteiger partial charge on any atom is 0.252 e. The molecule has 0 saturated heterocycles. The minimum atomic E-state index is -0.403. The van der Waals surface area contributed by atoms with Crippen LogP contribution < -0.4 is 11.1 Å². The van der Waals surface area contributed by atoms with Crippen LogP contribution in [0, 0.1) is 6.92 Å². The molecule has 0 spiro atoms. The molecule has 1 fully saturated rings. The quantitative estimate of drug-likeness (QED) is 0.731. The molecule has 3 aromatic rings. The summed E-state index contributed by atoms with van der Waals surface area (Å²) in [5.74, 6) is -0.510. The topological polar surface area (TPSA) is 72.2 Å². The van der Waals surface area contributed by atoms with Gasteiger partial charge in [0, 0.05) is 5.56 Å². The maximum atomic E-state index is 13.0. The Morgan fingerprint density at radius 1 is 1.04 bits per heavy atom. The van der Waals surface area contributed by atoms with E-state index >= 15 is 0 Å². The van der Waals surface area contributed by atoms with Crippen molar-refractivity contribution in [1.82, 2.24) is 5.32 Å². The number of amides is 2. The van der Waals surface area contributed by atoms with Gasteiger partial charge in [-0.3, -0.25) is 9.59 Å². The Morgan fingerprint density at radius 3 is 2.52 bits per heavy atom. The van der Waals surface area contributed by atoms with Crippen LogP contribution in [-0.2, 0) is 16.8 Å². The van der Waals surface area contributed by atoms with Crippen LogP contribution in [-0.4, -0.2) is 11.8 Å². The van der Waals surface area contributed by atoms with E-state index in [-0.39, 0.29) is 17.9 Å². The molecular weight excluding hydrogens is 336 g/mol. The molecule has 0 unspecified atom stereocenters. The Bertz CT molecular complexity index is 1050. The summed E-state index contributed by atoms with van der Waals surface area (Å²) in [7, 11) is 0. The Labute approximate surface area is 158 Å². The number of hydrogen-bond acceptors (Lipinski definition) is 2. The fourth-order valence-electron chi connectivity index (χ4n) is 3.74. The first-order valence-electron chi connectivity index (χ1n) is 9.17. The van der Waals surface area contributed by atoms with E-state index in [9.17, 15) is 9.59 Å². The van der Waals surface area contributed by atoms with Gasteiger partial charge >= 0.3 is 0 Å². The normalized spacial score (nSPS) is 14.7. The molecule has 4 rings (SSSR count). The van der Waals surface area contributed by atoms with Gasteiger partial charge in [0.2, 0.25) is 5.91 Å². The molecule has 4 heteroatoms. The predicted octanol–water partition coefficient (Wildman–Crippen LogP) is 3.60. The van der Waals surface area contributed by atoms with Crippen molar-refractivity contribution < 1.29 is 9.59 Å². The molecule has 3 N–H and O–H groups in total. The summed E-state index contributed by atoms with van der Waals surface area (Å²) in [6, 6.07) is 20.0. The smallest absolute Gasteiger partial charge is 0.252 e. The Morgan fingerprint density at radius 2 is 1.78 bits per heavy atom. The van der Waals surface area contributed by atoms with Crippen LogP contribution in [0.25, 0.3) is 10.8 Å². The lowest BCUT2D eigenvalue weighted by atomic mass is 9.96. The summed E-state index contributed by atoms with van der Waals surface area (Å²) in [5, 5.41) is 5.61. The molecule has 27 heavy (non-hydrogen) atoms. The maximum absolute atomic E-state index is 13.0. The van der Waals surface area contributed by atoms with Crippen molar-refractivity contribution in [2.24, 2.45) is 5.73 Å². The molecule has 136 valence electrons. The minimum absolute atomic E-state index is 0.107. The fraction of sp³-hybridized carbons (Fsp3) is 0.217. The first kappa shape index (κ1) is 17.3.